The summed E-state index contributed by atoms with van der Waals surface area (Å²) >= 11 is 1.42. The fourth-order valence-electron chi connectivity index (χ4n) is 4.88. The SMILES string of the molecule is CSCC(=O)N[C@H]1C[C@@H]2C(=O)N[C@@H]3CCN(C(=O)c4cc(C)ccc4C)[C@@H]3C(=O)N2C1. The summed E-state index contributed by atoms with van der Waals surface area (Å²) in [6.07, 6.45) is 2.79. The first-order chi connectivity index (χ1) is 14.8. The average Bonchev–Trinajstić information content (AvgIpc) is 3.31. The number of hydrogen-bond donors (Lipinski definition) is 2. The van der Waals surface area contributed by atoms with Crippen LogP contribution in [-0.2, 0) is 14.4 Å². The van der Waals surface area contributed by atoms with E-state index in [1.807, 2.05) is 38.3 Å². The van der Waals surface area contributed by atoms with Gasteiger partial charge in [-0.05, 0) is 44.6 Å². The Kier molecular flexibility index (Phi) is 5.96. The first-order valence-electron chi connectivity index (χ1n) is 10.6. The summed E-state index contributed by atoms with van der Waals surface area (Å²) in [7, 11) is 0. The van der Waals surface area contributed by atoms with E-state index in [0.717, 1.165) is 11.1 Å². The number of nitrogens with one attached hydrogen (secondary N) is 2. The van der Waals surface area contributed by atoms with Gasteiger partial charge in [-0.15, -0.1) is 0 Å². The lowest BCUT2D eigenvalue weighted by atomic mass is 10.0. The van der Waals surface area contributed by atoms with E-state index in [9.17, 15) is 19.2 Å². The minimum Gasteiger partial charge on any atom is -0.351 e. The van der Waals surface area contributed by atoms with E-state index in [1.165, 1.54) is 11.8 Å². The quantitative estimate of drug-likeness (QED) is 0.703. The first-order valence-corrected chi connectivity index (χ1v) is 12.0. The predicted molar refractivity (Wildman–Crippen MR) is 118 cm³/mol. The number of fused-ring (bicyclic) bond motifs is 2. The molecule has 4 atom stereocenters. The number of carbonyl (C=O) groups excluding carboxylic acids is 4. The van der Waals surface area contributed by atoms with Crippen molar-refractivity contribution in [2.24, 2.45) is 0 Å². The Morgan fingerprint density at radius 2 is 2.03 bits per heavy atom. The zero-order chi connectivity index (χ0) is 22.3. The van der Waals surface area contributed by atoms with E-state index < -0.39 is 12.1 Å². The van der Waals surface area contributed by atoms with Gasteiger partial charge in [-0.2, -0.15) is 11.8 Å². The second-order valence-electron chi connectivity index (χ2n) is 8.61. The summed E-state index contributed by atoms with van der Waals surface area (Å²) in [6.45, 7) is 4.52. The normalized spacial score (nSPS) is 27.5. The van der Waals surface area contributed by atoms with Crippen LogP contribution in [0.15, 0.2) is 18.2 Å². The van der Waals surface area contributed by atoms with Crippen molar-refractivity contribution in [3.63, 3.8) is 0 Å². The highest BCUT2D eigenvalue weighted by Gasteiger charge is 2.52. The zero-order valence-electron chi connectivity index (χ0n) is 18.0. The second-order valence-corrected chi connectivity index (χ2v) is 9.47. The number of nitrogens with zero attached hydrogens (tertiary/aromatic N) is 2. The molecule has 0 spiro atoms. The summed E-state index contributed by atoms with van der Waals surface area (Å²) in [5.41, 5.74) is 2.43. The molecule has 0 unspecified atom stereocenters. The Morgan fingerprint density at radius 3 is 2.77 bits per heavy atom. The lowest BCUT2D eigenvalue weighted by molar-refractivity contribution is -0.138. The van der Waals surface area contributed by atoms with Crippen molar-refractivity contribution < 1.29 is 19.2 Å². The number of benzene rings is 1. The summed E-state index contributed by atoms with van der Waals surface area (Å²) in [5, 5.41) is 5.91. The van der Waals surface area contributed by atoms with E-state index in [2.05, 4.69) is 10.6 Å². The molecule has 2 N–H and O–H groups in total. The third kappa shape index (κ3) is 4.03. The number of rotatable bonds is 4. The maximum Gasteiger partial charge on any atom is 0.254 e. The maximum atomic E-state index is 13.5. The Bertz CT molecular complexity index is 936. The Balaban J connectivity index is 1.57. The van der Waals surface area contributed by atoms with Crippen LogP contribution in [0, 0.1) is 13.8 Å². The molecule has 4 rings (SSSR count). The topological polar surface area (TPSA) is 98.8 Å². The molecule has 4 amide bonds. The summed E-state index contributed by atoms with van der Waals surface area (Å²) in [5.74, 6) is -0.369. The Morgan fingerprint density at radius 1 is 1.26 bits per heavy atom. The summed E-state index contributed by atoms with van der Waals surface area (Å²) in [6, 6.07) is 3.73. The fourth-order valence-corrected chi connectivity index (χ4v) is 5.23. The van der Waals surface area contributed by atoms with Crippen LogP contribution in [0.3, 0.4) is 0 Å². The van der Waals surface area contributed by atoms with Gasteiger partial charge in [-0.3, -0.25) is 19.2 Å². The van der Waals surface area contributed by atoms with Crippen molar-refractivity contribution in [3.8, 4) is 0 Å². The molecule has 0 aliphatic carbocycles. The van der Waals surface area contributed by atoms with Gasteiger partial charge in [0.05, 0.1) is 11.8 Å². The van der Waals surface area contributed by atoms with Crippen molar-refractivity contribution in [1.82, 2.24) is 20.4 Å². The Labute approximate surface area is 186 Å². The van der Waals surface area contributed by atoms with Gasteiger partial charge < -0.3 is 20.4 Å². The third-order valence-corrected chi connectivity index (χ3v) is 6.94. The van der Waals surface area contributed by atoms with Crippen molar-refractivity contribution in [1.29, 1.82) is 0 Å². The molecule has 3 aliphatic rings. The number of thioether (sulfide) groups is 1. The predicted octanol–water partition coefficient (Wildman–Crippen LogP) is 0.465. The highest BCUT2D eigenvalue weighted by Crippen LogP contribution is 2.30. The largest absolute Gasteiger partial charge is 0.351 e. The van der Waals surface area contributed by atoms with Gasteiger partial charge in [0, 0.05) is 24.7 Å². The number of hydrogen-bond acceptors (Lipinski definition) is 5. The number of amides is 4. The minimum absolute atomic E-state index is 0.103. The van der Waals surface area contributed by atoms with Gasteiger partial charge in [-0.25, -0.2) is 0 Å². The molecule has 3 heterocycles. The molecule has 1 aromatic rings. The van der Waals surface area contributed by atoms with Crippen molar-refractivity contribution in [3.05, 3.63) is 34.9 Å². The van der Waals surface area contributed by atoms with Crippen LogP contribution in [-0.4, -0.2) is 82.7 Å². The van der Waals surface area contributed by atoms with Gasteiger partial charge in [0.25, 0.3) is 5.91 Å². The summed E-state index contributed by atoms with van der Waals surface area (Å²) < 4.78 is 0. The smallest absolute Gasteiger partial charge is 0.254 e. The zero-order valence-corrected chi connectivity index (χ0v) is 18.8. The molecule has 3 saturated heterocycles. The van der Waals surface area contributed by atoms with Gasteiger partial charge >= 0.3 is 0 Å². The van der Waals surface area contributed by atoms with Crippen LogP contribution in [0.1, 0.15) is 34.3 Å². The van der Waals surface area contributed by atoms with Crippen LogP contribution in [0.4, 0.5) is 0 Å². The maximum absolute atomic E-state index is 13.5. The minimum atomic E-state index is -0.720. The van der Waals surface area contributed by atoms with E-state index in [1.54, 1.807) is 9.80 Å². The second kappa shape index (κ2) is 8.53. The number of aryl methyl sites for hydroxylation is 2. The molecule has 3 fully saturated rings. The number of likely N-dealkylation sites (tertiary alicyclic amines) is 1. The van der Waals surface area contributed by atoms with Gasteiger partial charge in [0.15, 0.2) is 0 Å². The average molecular weight is 445 g/mol. The lowest BCUT2D eigenvalue weighted by Crippen LogP contribution is -2.52. The van der Waals surface area contributed by atoms with Crippen molar-refractivity contribution in [2.45, 2.75) is 50.9 Å². The van der Waals surface area contributed by atoms with Gasteiger partial charge in [0.1, 0.15) is 12.1 Å². The first kappa shape index (κ1) is 21.7. The van der Waals surface area contributed by atoms with E-state index >= 15 is 0 Å². The standard InChI is InChI=1S/C22H28N4O4S/c1-12-4-5-13(2)15(8-12)21(29)25-7-6-16-19(25)22(30)26-10-14(23-18(27)11-31-3)9-17(26)20(28)24-16/h4-5,8,14,16-17,19H,6-7,9-11H2,1-3H3,(H,23,27)(H,24,28)/t14-,16+,17+,19-/m0/s1. The highest BCUT2D eigenvalue weighted by molar-refractivity contribution is 7.99. The molecule has 0 radical (unpaired) electrons. The van der Waals surface area contributed by atoms with E-state index in [4.69, 9.17) is 0 Å². The Hall–Kier alpha value is -2.55. The lowest BCUT2D eigenvalue weighted by Gasteiger charge is -2.29. The van der Waals surface area contributed by atoms with Crippen LogP contribution < -0.4 is 10.6 Å². The molecule has 9 heteroatoms. The third-order valence-electron chi connectivity index (χ3n) is 6.39. The molecular weight excluding hydrogens is 416 g/mol. The molecule has 0 bridgehead atoms. The van der Waals surface area contributed by atoms with Crippen molar-refractivity contribution in [2.75, 3.05) is 25.1 Å². The molecule has 0 aromatic heterocycles. The monoisotopic (exact) mass is 444 g/mol. The van der Waals surface area contributed by atoms with Crippen LogP contribution in [0.2, 0.25) is 0 Å². The molecule has 3 aliphatic heterocycles. The molecule has 31 heavy (non-hydrogen) atoms. The van der Waals surface area contributed by atoms with Gasteiger partial charge in [0.2, 0.25) is 17.7 Å². The van der Waals surface area contributed by atoms with E-state index in [0.29, 0.717) is 30.7 Å². The fraction of sp³-hybridized carbons (Fsp3) is 0.545. The molecular formula is C22H28N4O4S. The van der Waals surface area contributed by atoms with Crippen molar-refractivity contribution >= 4 is 35.4 Å². The molecule has 1 aromatic carbocycles. The number of carbonyl (C=O) groups is 4. The molecule has 0 saturated carbocycles. The summed E-state index contributed by atoms with van der Waals surface area (Å²) in [4.78, 5) is 54.9. The van der Waals surface area contributed by atoms with Crippen LogP contribution in [0.25, 0.3) is 0 Å². The van der Waals surface area contributed by atoms with Crippen LogP contribution >= 0.6 is 11.8 Å². The highest BCUT2D eigenvalue weighted by atomic mass is 32.2. The molecule has 8 nitrogen and oxygen atoms in total. The van der Waals surface area contributed by atoms with Gasteiger partial charge in [-0.1, -0.05) is 17.7 Å². The molecule has 166 valence electrons. The van der Waals surface area contributed by atoms with Crippen LogP contribution in [0.5, 0.6) is 0 Å². The van der Waals surface area contributed by atoms with E-state index in [-0.39, 0.29) is 42.3 Å².